The van der Waals surface area contributed by atoms with Crippen LogP contribution >= 0.6 is 11.3 Å². The van der Waals surface area contributed by atoms with Gasteiger partial charge in [-0.25, -0.2) is 0 Å². The number of aromatic nitrogens is 4. The molecule has 0 saturated carbocycles. The fraction of sp³-hybridized carbons (Fsp3) is 0.267. The zero-order chi connectivity index (χ0) is 13.8. The van der Waals surface area contributed by atoms with Crippen molar-refractivity contribution in [3.05, 3.63) is 46.7 Å². The summed E-state index contributed by atoms with van der Waals surface area (Å²) >= 11 is 1.56. The quantitative estimate of drug-likeness (QED) is 0.717. The molecule has 2 heterocycles. The van der Waals surface area contributed by atoms with Crippen LogP contribution in [0.5, 0.6) is 0 Å². The molecule has 0 atom stereocenters. The molecule has 0 radical (unpaired) electrons. The van der Waals surface area contributed by atoms with Gasteiger partial charge in [0.25, 0.3) is 0 Å². The normalized spacial score (nSPS) is 11.7. The van der Waals surface area contributed by atoms with Crippen LogP contribution in [0.3, 0.4) is 0 Å². The average molecular weight is 284 g/mol. The molecule has 102 valence electrons. The number of fused-ring (bicyclic) bond motifs is 1. The highest BCUT2D eigenvalue weighted by molar-refractivity contribution is 7.17. The predicted molar refractivity (Wildman–Crippen MR) is 82.6 cm³/mol. The molecular weight excluding hydrogens is 268 g/mol. The van der Waals surface area contributed by atoms with Crippen molar-refractivity contribution in [2.45, 2.75) is 26.2 Å². The Kier molecular flexibility index (Phi) is 3.87. The van der Waals surface area contributed by atoms with Crippen LogP contribution in [0.25, 0.3) is 17.1 Å². The minimum Gasteiger partial charge on any atom is -0.187 e. The van der Waals surface area contributed by atoms with Gasteiger partial charge in [-0.2, -0.15) is 9.61 Å². The van der Waals surface area contributed by atoms with Gasteiger partial charge in [-0.15, -0.1) is 10.2 Å². The highest BCUT2D eigenvalue weighted by Crippen LogP contribution is 2.17. The molecule has 0 spiro atoms. The van der Waals surface area contributed by atoms with Gasteiger partial charge in [0, 0.05) is 6.42 Å². The summed E-state index contributed by atoms with van der Waals surface area (Å²) in [7, 11) is 0. The van der Waals surface area contributed by atoms with Gasteiger partial charge >= 0.3 is 0 Å². The second kappa shape index (κ2) is 5.96. The smallest absolute Gasteiger partial charge is 0.187 e. The van der Waals surface area contributed by atoms with Crippen LogP contribution in [-0.2, 0) is 6.42 Å². The van der Waals surface area contributed by atoms with E-state index in [9.17, 15) is 0 Å². The third kappa shape index (κ3) is 2.77. The van der Waals surface area contributed by atoms with Crippen LogP contribution in [0.1, 0.15) is 36.2 Å². The first kappa shape index (κ1) is 13.0. The minimum atomic E-state index is 0.865. The highest BCUT2D eigenvalue weighted by Gasteiger charge is 2.09. The number of rotatable bonds is 5. The summed E-state index contributed by atoms with van der Waals surface area (Å²) in [6.07, 6.45) is 7.30. The third-order valence-corrected chi connectivity index (χ3v) is 3.91. The number of hydrogen-bond acceptors (Lipinski definition) is 4. The van der Waals surface area contributed by atoms with E-state index >= 15 is 0 Å². The first-order valence-electron chi connectivity index (χ1n) is 6.81. The van der Waals surface area contributed by atoms with E-state index in [4.69, 9.17) is 0 Å². The molecule has 0 amide bonds. The van der Waals surface area contributed by atoms with Gasteiger partial charge in [0.05, 0.1) is 0 Å². The molecule has 20 heavy (non-hydrogen) atoms. The molecule has 0 aliphatic heterocycles. The topological polar surface area (TPSA) is 43.1 Å². The molecule has 5 heteroatoms. The van der Waals surface area contributed by atoms with E-state index in [1.54, 1.807) is 11.3 Å². The van der Waals surface area contributed by atoms with Crippen molar-refractivity contribution in [2.75, 3.05) is 0 Å². The Labute approximate surface area is 121 Å². The first-order chi connectivity index (χ1) is 9.86. The Morgan fingerprint density at radius 2 is 2.00 bits per heavy atom. The second-order valence-corrected chi connectivity index (χ2v) is 5.59. The van der Waals surface area contributed by atoms with E-state index in [0.717, 1.165) is 35.1 Å². The number of aryl methyl sites for hydroxylation is 1. The maximum atomic E-state index is 4.56. The summed E-state index contributed by atoms with van der Waals surface area (Å²) in [6, 6.07) is 10.2. The summed E-state index contributed by atoms with van der Waals surface area (Å²) in [5, 5.41) is 13.9. The van der Waals surface area contributed by atoms with E-state index in [-0.39, 0.29) is 0 Å². The van der Waals surface area contributed by atoms with Crippen molar-refractivity contribution in [3.8, 4) is 0 Å². The van der Waals surface area contributed by atoms with E-state index in [1.807, 2.05) is 28.8 Å². The Morgan fingerprint density at radius 1 is 1.15 bits per heavy atom. The van der Waals surface area contributed by atoms with Crippen LogP contribution in [0, 0.1) is 0 Å². The molecule has 0 aliphatic carbocycles. The second-order valence-electron chi connectivity index (χ2n) is 4.60. The summed E-state index contributed by atoms with van der Waals surface area (Å²) in [5.41, 5.74) is 1.17. The van der Waals surface area contributed by atoms with Gasteiger partial charge in [0.1, 0.15) is 5.01 Å². The number of benzene rings is 1. The molecule has 0 bridgehead atoms. The zero-order valence-corrected chi connectivity index (χ0v) is 12.2. The van der Waals surface area contributed by atoms with Gasteiger partial charge < -0.3 is 0 Å². The maximum Gasteiger partial charge on any atom is 0.234 e. The van der Waals surface area contributed by atoms with Gasteiger partial charge in [-0.1, -0.05) is 61.1 Å². The van der Waals surface area contributed by atoms with Crippen molar-refractivity contribution >= 4 is 28.4 Å². The Morgan fingerprint density at radius 3 is 2.80 bits per heavy atom. The Balaban J connectivity index is 1.82. The van der Waals surface area contributed by atoms with Gasteiger partial charge in [0.2, 0.25) is 4.96 Å². The molecule has 3 rings (SSSR count). The first-order valence-corrected chi connectivity index (χ1v) is 7.62. The lowest BCUT2D eigenvalue weighted by Crippen LogP contribution is -1.95. The zero-order valence-electron chi connectivity index (χ0n) is 11.4. The lowest BCUT2D eigenvalue weighted by molar-refractivity contribution is 0.721. The molecule has 0 aliphatic rings. The van der Waals surface area contributed by atoms with E-state index in [2.05, 4.69) is 40.4 Å². The summed E-state index contributed by atoms with van der Waals surface area (Å²) in [4.78, 5) is 0.865. The van der Waals surface area contributed by atoms with Gasteiger partial charge in [0.15, 0.2) is 5.82 Å². The number of nitrogens with zero attached hydrogens (tertiary/aromatic N) is 4. The molecule has 0 N–H and O–H groups in total. The van der Waals surface area contributed by atoms with E-state index < -0.39 is 0 Å². The molecule has 3 aromatic rings. The van der Waals surface area contributed by atoms with Crippen LogP contribution in [0.2, 0.25) is 0 Å². The summed E-state index contributed by atoms with van der Waals surface area (Å²) in [5.74, 6) is 0.956. The largest absolute Gasteiger partial charge is 0.234 e. The van der Waals surface area contributed by atoms with Gasteiger partial charge in [-0.05, 0) is 18.1 Å². The van der Waals surface area contributed by atoms with Crippen molar-refractivity contribution in [3.63, 3.8) is 0 Å². The molecular formula is C15H16N4S. The Bertz CT molecular complexity index is 712. The van der Waals surface area contributed by atoms with Crippen LogP contribution in [-0.4, -0.2) is 19.8 Å². The molecule has 0 fully saturated rings. The monoisotopic (exact) mass is 284 g/mol. The third-order valence-electron chi connectivity index (χ3n) is 3.04. The van der Waals surface area contributed by atoms with Crippen molar-refractivity contribution in [1.82, 2.24) is 19.8 Å². The van der Waals surface area contributed by atoms with Crippen molar-refractivity contribution in [1.29, 1.82) is 0 Å². The molecule has 4 nitrogen and oxygen atoms in total. The van der Waals surface area contributed by atoms with Crippen molar-refractivity contribution < 1.29 is 0 Å². The molecule has 2 aromatic heterocycles. The molecule has 1 aromatic carbocycles. The Hall–Kier alpha value is -2.01. The lowest BCUT2D eigenvalue weighted by atomic mass is 10.2. The van der Waals surface area contributed by atoms with Crippen LogP contribution < -0.4 is 0 Å². The minimum absolute atomic E-state index is 0.865. The number of unbranched alkanes of at least 4 members (excludes halogenated alkanes) is 1. The summed E-state index contributed by atoms with van der Waals surface area (Å²) in [6.45, 7) is 2.17. The predicted octanol–water partition coefficient (Wildman–Crippen LogP) is 3.70. The molecule has 0 saturated heterocycles. The standard InChI is InChI=1S/C15H16N4S/c1-2-3-9-13-16-17-15-19(13)18-14(20-15)11-10-12-7-5-4-6-8-12/h4-8,10-11H,2-3,9H2,1H3. The lowest BCUT2D eigenvalue weighted by Gasteiger charge is -1.93. The number of hydrogen-bond donors (Lipinski definition) is 0. The van der Waals surface area contributed by atoms with Crippen LogP contribution in [0.4, 0.5) is 0 Å². The SMILES string of the molecule is CCCCc1nnc2sc(C=Cc3ccccc3)nn12. The van der Waals surface area contributed by atoms with Crippen LogP contribution in [0.15, 0.2) is 30.3 Å². The maximum absolute atomic E-state index is 4.56. The van der Waals surface area contributed by atoms with Gasteiger partial charge in [-0.3, -0.25) is 0 Å². The molecule has 0 unspecified atom stereocenters. The van der Waals surface area contributed by atoms with E-state index in [1.165, 1.54) is 5.56 Å². The fourth-order valence-corrected chi connectivity index (χ4v) is 2.72. The van der Waals surface area contributed by atoms with E-state index in [0.29, 0.717) is 0 Å². The summed E-state index contributed by atoms with van der Waals surface area (Å²) < 4.78 is 1.87. The fourth-order valence-electron chi connectivity index (χ4n) is 1.96. The van der Waals surface area contributed by atoms with Crippen molar-refractivity contribution in [2.24, 2.45) is 0 Å². The average Bonchev–Trinajstić information content (AvgIpc) is 3.04. The highest BCUT2D eigenvalue weighted by atomic mass is 32.1.